The lowest BCUT2D eigenvalue weighted by Gasteiger charge is -2.22. The molecule has 0 N–H and O–H groups in total. The molecule has 0 aromatic heterocycles. The van der Waals surface area contributed by atoms with E-state index in [2.05, 4.69) is 28.5 Å². The Morgan fingerprint density at radius 3 is 2.88 bits per heavy atom. The molecule has 96 valence electrons. The number of ether oxygens (including phenoxy) is 2. The number of hydrogen-bond acceptors (Lipinski definition) is 2. The SMILES string of the molecule is CC/C=C/C1CC=C(C2COC(F)(F)O2)CC1. The summed E-state index contributed by atoms with van der Waals surface area (Å²) in [4.78, 5) is 0. The molecule has 4 heteroatoms. The average molecular weight is 244 g/mol. The van der Waals surface area contributed by atoms with Gasteiger partial charge in [0, 0.05) is 0 Å². The third kappa shape index (κ3) is 3.36. The molecule has 1 saturated heterocycles. The van der Waals surface area contributed by atoms with Crippen LogP contribution in [0.5, 0.6) is 0 Å². The fourth-order valence-electron chi connectivity index (χ4n) is 2.26. The van der Waals surface area contributed by atoms with Gasteiger partial charge in [-0.15, -0.1) is 8.78 Å². The molecular weight excluding hydrogens is 226 g/mol. The van der Waals surface area contributed by atoms with Gasteiger partial charge < -0.3 is 0 Å². The molecule has 2 unspecified atom stereocenters. The molecule has 0 saturated carbocycles. The Labute approximate surface area is 100 Å². The van der Waals surface area contributed by atoms with E-state index < -0.39 is 12.4 Å². The third-order valence-corrected chi connectivity index (χ3v) is 3.23. The topological polar surface area (TPSA) is 18.5 Å². The van der Waals surface area contributed by atoms with Gasteiger partial charge >= 0.3 is 6.29 Å². The van der Waals surface area contributed by atoms with Crippen LogP contribution in [0.15, 0.2) is 23.8 Å². The highest BCUT2D eigenvalue weighted by Gasteiger charge is 2.44. The van der Waals surface area contributed by atoms with E-state index in [9.17, 15) is 8.78 Å². The first-order chi connectivity index (χ1) is 8.11. The normalized spacial score (nSPS) is 33.0. The van der Waals surface area contributed by atoms with E-state index in [1.165, 1.54) is 0 Å². The first kappa shape index (κ1) is 12.7. The fraction of sp³-hybridized carbons (Fsp3) is 0.692. The quantitative estimate of drug-likeness (QED) is 0.705. The molecule has 0 spiro atoms. The monoisotopic (exact) mass is 244 g/mol. The van der Waals surface area contributed by atoms with Crippen molar-refractivity contribution < 1.29 is 18.3 Å². The number of halogens is 2. The van der Waals surface area contributed by atoms with Gasteiger partial charge in [0.25, 0.3) is 0 Å². The van der Waals surface area contributed by atoms with Crippen LogP contribution in [-0.4, -0.2) is 19.0 Å². The van der Waals surface area contributed by atoms with E-state index in [1.54, 1.807) is 0 Å². The van der Waals surface area contributed by atoms with Crippen molar-refractivity contribution in [1.29, 1.82) is 0 Å². The van der Waals surface area contributed by atoms with Crippen LogP contribution in [0.4, 0.5) is 8.78 Å². The van der Waals surface area contributed by atoms with Crippen LogP contribution in [0, 0.1) is 5.92 Å². The molecule has 0 radical (unpaired) electrons. The molecule has 2 nitrogen and oxygen atoms in total. The van der Waals surface area contributed by atoms with Crippen LogP contribution >= 0.6 is 0 Å². The molecule has 1 heterocycles. The summed E-state index contributed by atoms with van der Waals surface area (Å²) in [5, 5.41) is 0. The van der Waals surface area contributed by atoms with Crippen molar-refractivity contribution in [2.24, 2.45) is 5.92 Å². The molecule has 1 aliphatic heterocycles. The van der Waals surface area contributed by atoms with E-state index in [0.717, 1.165) is 31.3 Å². The summed E-state index contributed by atoms with van der Waals surface area (Å²) in [7, 11) is 0. The molecular formula is C13H18F2O2. The van der Waals surface area contributed by atoms with Gasteiger partial charge in [0.1, 0.15) is 6.10 Å². The maximum Gasteiger partial charge on any atom is 0.486 e. The van der Waals surface area contributed by atoms with Crippen LogP contribution in [0.3, 0.4) is 0 Å². The summed E-state index contributed by atoms with van der Waals surface area (Å²) in [6.45, 7) is 2.07. The molecule has 0 bridgehead atoms. The first-order valence-corrected chi connectivity index (χ1v) is 6.16. The molecule has 0 aromatic carbocycles. The summed E-state index contributed by atoms with van der Waals surface area (Å²) < 4.78 is 34.3. The molecule has 17 heavy (non-hydrogen) atoms. The number of allylic oxidation sites excluding steroid dienone is 3. The summed E-state index contributed by atoms with van der Waals surface area (Å²) >= 11 is 0. The Kier molecular flexibility index (Phi) is 3.94. The minimum Gasteiger partial charge on any atom is -0.293 e. The summed E-state index contributed by atoms with van der Waals surface area (Å²) in [5.74, 6) is 0.543. The maximum absolute atomic E-state index is 12.7. The molecule has 2 atom stereocenters. The van der Waals surface area contributed by atoms with Gasteiger partial charge in [0.05, 0.1) is 6.61 Å². The minimum atomic E-state index is -3.40. The van der Waals surface area contributed by atoms with Crippen LogP contribution in [-0.2, 0) is 9.47 Å². The van der Waals surface area contributed by atoms with Gasteiger partial charge in [-0.25, -0.2) is 0 Å². The summed E-state index contributed by atoms with van der Waals surface area (Å²) in [6.07, 6.45) is 6.24. The second-order valence-corrected chi connectivity index (χ2v) is 4.53. The fourth-order valence-corrected chi connectivity index (χ4v) is 2.26. The molecule has 2 aliphatic rings. The standard InChI is InChI=1S/C13H18F2O2/c1-2-3-4-10-5-7-11(8-6-10)12-9-16-13(14,15)17-12/h3-4,7,10,12H,2,5-6,8-9H2,1H3/b4-3+. The number of alkyl halides is 2. The van der Waals surface area contributed by atoms with Crippen LogP contribution in [0.1, 0.15) is 32.6 Å². The van der Waals surface area contributed by atoms with Crippen molar-refractivity contribution in [2.75, 3.05) is 6.61 Å². The van der Waals surface area contributed by atoms with Crippen molar-refractivity contribution in [3.05, 3.63) is 23.8 Å². The molecule has 1 fully saturated rings. The van der Waals surface area contributed by atoms with Crippen molar-refractivity contribution in [3.63, 3.8) is 0 Å². The third-order valence-electron chi connectivity index (χ3n) is 3.23. The van der Waals surface area contributed by atoms with Gasteiger partial charge in [-0.05, 0) is 37.2 Å². The van der Waals surface area contributed by atoms with Crippen molar-refractivity contribution in [1.82, 2.24) is 0 Å². The van der Waals surface area contributed by atoms with Crippen LogP contribution < -0.4 is 0 Å². The van der Waals surface area contributed by atoms with Crippen molar-refractivity contribution in [3.8, 4) is 0 Å². The predicted molar refractivity (Wildman–Crippen MR) is 60.6 cm³/mol. The minimum absolute atomic E-state index is 0.0334. The lowest BCUT2D eigenvalue weighted by atomic mass is 9.87. The molecule has 0 amide bonds. The molecule has 1 aliphatic carbocycles. The first-order valence-electron chi connectivity index (χ1n) is 6.16. The lowest BCUT2D eigenvalue weighted by Crippen LogP contribution is -2.21. The van der Waals surface area contributed by atoms with Crippen LogP contribution in [0.25, 0.3) is 0 Å². The highest BCUT2D eigenvalue weighted by molar-refractivity contribution is 5.15. The Morgan fingerprint density at radius 1 is 1.53 bits per heavy atom. The van der Waals surface area contributed by atoms with E-state index in [1.807, 2.05) is 6.08 Å². The Bertz CT molecular complexity index is 323. The van der Waals surface area contributed by atoms with Crippen LogP contribution in [0.2, 0.25) is 0 Å². The predicted octanol–water partition coefficient (Wildman–Crippen LogP) is 3.64. The van der Waals surface area contributed by atoms with Gasteiger partial charge in [0.15, 0.2) is 0 Å². The Balaban J connectivity index is 1.89. The van der Waals surface area contributed by atoms with E-state index in [4.69, 9.17) is 0 Å². The largest absolute Gasteiger partial charge is 0.486 e. The van der Waals surface area contributed by atoms with Gasteiger partial charge in [-0.2, -0.15) is 0 Å². The number of hydrogen-bond donors (Lipinski definition) is 0. The van der Waals surface area contributed by atoms with E-state index >= 15 is 0 Å². The zero-order valence-electron chi connectivity index (χ0n) is 9.99. The van der Waals surface area contributed by atoms with E-state index in [0.29, 0.717) is 5.92 Å². The maximum atomic E-state index is 12.7. The average Bonchev–Trinajstić information content (AvgIpc) is 2.68. The van der Waals surface area contributed by atoms with Crippen molar-refractivity contribution in [2.45, 2.75) is 45.0 Å². The zero-order chi connectivity index (χ0) is 12.3. The van der Waals surface area contributed by atoms with Gasteiger partial charge in [-0.1, -0.05) is 25.2 Å². The van der Waals surface area contributed by atoms with Gasteiger partial charge in [0.2, 0.25) is 0 Å². The zero-order valence-corrected chi connectivity index (χ0v) is 9.99. The summed E-state index contributed by atoms with van der Waals surface area (Å²) in [6, 6.07) is 0. The molecule has 2 rings (SSSR count). The summed E-state index contributed by atoms with van der Waals surface area (Å²) in [5.41, 5.74) is 0.961. The van der Waals surface area contributed by atoms with E-state index in [-0.39, 0.29) is 6.61 Å². The highest BCUT2D eigenvalue weighted by Crippen LogP contribution is 2.34. The Morgan fingerprint density at radius 2 is 2.35 bits per heavy atom. The van der Waals surface area contributed by atoms with Crippen molar-refractivity contribution >= 4 is 0 Å². The lowest BCUT2D eigenvalue weighted by molar-refractivity contribution is -0.344. The second-order valence-electron chi connectivity index (χ2n) is 4.53. The smallest absolute Gasteiger partial charge is 0.293 e. The number of rotatable bonds is 3. The van der Waals surface area contributed by atoms with Gasteiger partial charge in [-0.3, -0.25) is 9.47 Å². The highest BCUT2D eigenvalue weighted by atomic mass is 19.3. The Hall–Kier alpha value is -0.740. The second kappa shape index (κ2) is 5.27. The molecule has 0 aromatic rings.